The Morgan fingerprint density at radius 1 is 1.26 bits per heavy atom. The number of alkyl halides is 1. The lowest BCUT2D eigenvalue weighted by Gasteiger charge is -2.27. The van der Waals surface area contributed by atoms with E-state index in [2.05, 4.69) is 25.9 Å². The molecule has 31 heavy (non-hydrogen) atoms. The number of amides is 2. The molecule has 1 aromatic heterocycles. The van der Waals surface area contributed by atoms with E-state index in [0.29, 0.717) is 0 Å². The van der Waals surface area contributed by atoms with Crippen molar-refractivity contribution in [1.29, 1.82) is 0 Å². The molecule has 1 saturated heterocycles. The minimum absolute atomic E-state index is 0.126. The van der Waals surface area contributed by atoms with Gasteiger partial charge in [-0.05, 0) is 63.9 Å². The third kappa shape index (κ3) is 5.87. The zero-order chi connectivity index (χ0) is 23.7. The van der Waals surface area contributed by atoms with Gasteiger partial charge in [-0.2, -0.15) is 5.10 Å². The Labute approximate surface area is 190 Å². The van der Waals surface area contributed by atoms with Crippen LogP contribution in [-0.2, 0) is 9.47 Å². The Bertz CT molecular complexity index is 884. The van der Waals surface area contributed by atoms with Gasteiger partial charge in [0.1, 0.15) is 28.3 Å². The van der Waals surface area contributed by atoms with Crippen LogP contribution in [0, 0.1) is 6.57 Å². The van der Waals surface area contributed by atoms with Crippen LogP contribution in [0.3, 0.4) is 0 Å². The first kappa shape index (κ1) is 24.9. The van der Waals surface area contributed by atoms with E-state index in [1.807, 2.05) is 0 Å². The second-order valence-corrected chi connectivity index (χ2v) is 10.1. The minimum Gasteiger partial charge on any atom is -0.444 e. The highest BCUT2D eigenvalue weighted by Gasteiger charge is 2.41. The summed E-state index contributed by atoms with van der Waals surface area (Å²) in [6, 6.07) is -1.15. The number of hydrogen-bond donors (Lipinski definition) is 0. The lowest BCUT2D eigenvalue weighted by molar-refractivity contribution is 0.0202. The summed E-state index contributed by atoms with van der Waals surface area (Å²) in [4.78, 5) is 31.3. The van der Waals surface area contributed by atoms with Crippen LogP contribution in [0.2, 0.25) is 0 Å². The molecule has 0 radical (unpaired) electrons. The fraction of sp³-hybridized carbons (Fsp3) is 0.700. The maximum absolute atomic E-state index is 13.7. The van der Waals surface area contributed by atoms with Crippen molar-refractivity contribution in [3.63, 3.8) is 0 Å². The summed E-state index contributed by atoms with van der Waals surface area (Å²) in [7, 11) is 1.48. The Balaban J connectivity index is 2.40. The van der Waals surface area contributed by atoms with Gasteiger partial charge < -0.3 is 14.4 Å². The van der Waals surface area contributed by atoms with Crippen LogP contribution in [0.1, 0.15) is 54.0 Å². The molecule has 1 aliphatic rings. The predicted molar refractivity (Wildman–Crippen MR) is 117 cm³/mol. The van der Waals surface area contributed by atoms with Gasteiger partial charge in [0.25, 0.3) is 5.69 Å². The first-order chi connectivity index (χ1) is 14.2. The van der Waals surface area contributed by atoms with Crippen molar-refractivity contribution >= 4 is 39.6 Å². The van der Waals surface area contributed by atoms with E-state index in [-0.39, 0.29) is 29.1 Å². The maximum Gasteiger partial charge on any atom is 0.414 e. The molecule has 11 heteroatoms. The number of halogens is 2. The number of anilines is 1. The topological polar surface area (TPSA) is 81.3 Å². The van der Waals surface area contributed by atoms with E-state index in [1.165, 1.54) is 21.5 Å². The monoisotopic (exact) mass is 501 g/mol. The number of aromatic nitrogens is 2. The van der Waals surface area contributed by atoms with Crippen molar-refractivity contribution in [3.05, 3.63) is 16.0 Å². The van der Waals surface area contributed by atoms with Gasteiger partial charge in [-0.1, -0.05) is 0 Å². The van der Waals surface area contributed by atoms with Crippen LogP contribution in [0.25, 0.3) is 4.85 Å². The molecule has 0 unspecified atom stereocenters. The number of likely N-dealkylation sites (tertiary alicyclic amines) is 1. The predicted octanol–water partition coefficient (Wildman–Crippen LogP) is 5.09. The van der Waals surface area contributed by atoms with Crippen LogP contribution in [0.4, 0.5) is 25.5 Å². The van der Waals surface area contributed by atoms with Crippen LogP contribution < -0.4 is 4.90 Å². The maximum atomic E-state index is 13.7. The summed E-state index contributed by atoms with van der Waals surface area (Å²) >= 11 is 3.27. The van der Waals surface area contributed by atoms with Gasteiger partial charge >= 0.3 is 12.2 Å². The molecule has 0 saturated carbocycles. The highest BCUT2D eigenvalue weighted by molar-refractivity contribution is 9.10. The number of nitrogens with zero attached hydrogens (tertiary/aromatic N) is 5. The molecule has 2 amide bonds. The largest absolute Gasteiger partial charge is 0.444 e. The fourth-order valence-electron chi connectivity index (χ4n) is 3.23. The van der Waals surface area contributed by atoms with Crippen molar-refractivity contribution < 1.29 is 23.5 Å². The Morgan fingerprint density at radius 3 is 2.32 bits per heavy atom. The van der Waals surface area contributed by atoms with Gasteiger partial charge in [0.15, 0.2) is 0 Å². The third-order valence-electron chi connectivity index (χ3n) is 4.46. The number of carbonyl (C=O) groups excluding carboxylic acids is 2. The Hall–Kier alpha value is -2.35. The average molecular weight is 502 g/mol. The van der Waals surface area contributed by atoms with Gasteiger partial charge in [0, 0.05) is 13.6 Å². The smallest absolute Gasteiger partial charge is 0.414 e. The quantitative estimate of drug-likeness (QED) is 0.538. The molecule has 0 N–H and O–H groups in total. The van der Waals surface area contributed by atoms with E-state index in [0.717, 1.165) is 0 Å². The number of ether oxygens (including phenoxy) is 2. The van der Waals surface area contributed by atoms with Gasteiger partial charge in [0.2, 0.25) is 0 Å². The normalized spacial score (nSPS) is 19.2. The standard InChI is InChI=1S/C20H29BrFN5O4/c1-19(2,3)30-17(28)25(8)16-14(23-7)15(21)24-27(16)13-9-12(10-22)26(11-13)18(29)31-20(4,5)6/h12-13H,9-11H2,1-6,8H3/t12-,13+/m1/s1. The van der Waals surface area contributed by atoms with Crippen molar-refractivity contribution in [2.75, 3.05) is 25.2 Å². The van der Waals surface area contributed by atoms with Gasteiger partial charge in [-0.3, -0.25) is 9.58 Å². The summed E-state index contributed by atoms with van der Waals surface area (Å²) in [5, 5.41) is 4.37. The lowest BCUT2D eigenvalue weighted by atomic mass is 10.2. The van der Waals surface area contributed by atoms with Gasteiger partial charge in [-0.25, -0.2) is 18.8 Å². The van der Waals surface area contributed by atoms with E-state index < -0.39 is 42.1 Å². The number of carbonyl (C=O) groups is 2. The third-order valence-corrected chi connectivity index (χ3v) is 5.00. The van der Waals surface area contributed by atoms with Crippen LogP contribution >= 0.6 is 15.9 Å². The molecule has 0 aliphatic carbocycles. The van der Waals surface area contributed by atoms with Crippen molar-refractivity contribution in [1.82, 2.24) is 14.7 Å². The highest BCUT2D eigenvalue weighted by atomic mass is 79.9. The molecule has 172 valence electrons. The number of hydrogen-bond acceptors (Lipinski definition) is 5. The van der Waals surface area contributed by atoms with Gasteiger partial charge in [-0.15, -0.1) is 0 Å². The molecule has 0 spiro atoms. The van der Waals surface area contributed by atoms with Gasteiger partial charge in [0.05, 0.1) is 18.7 Å². The Morgan fingerprint density at radius 2 is 1.84 bits per heavy atom. The summed E-state index contributed by atoms with van der Waals surface area (Å²) in [6.07, 6.45) is -1.01. The summed E-state index contributed by atoms with van der Waals surface area (Å²) < 4.78 is 26.3. The molecule has 2 atom stereocenters. The van der Waals surface area contributed by atoms with Crippen molar-refractivity contribution in [2.24, 2.45) is 0 Å². The SMILES string of the molecule is [C-]#[N+]c1c(Br)nn([C@H]2C[C@H](CF)N(C(=O)OC(C)(C)C)C2)c1N(C)C(=O)OC(C)(C)C. The first-order valence-electron chi connectivity index (χ1n) is 9.86. The van der Waals surface area contributed by atoms with E-state index in [4.69, 9.17) is 16.0 Å². The van der Waals surface area contributed by atoms with Crippen LogP contribution in [-0.4, -0.2) is 64.4 Å². The van der Waals surface area contributed by atoms with Crippen molar-refractivity contribution in [2.45, 2.75) is 71.2 Å². The molecule has 2 heterocycles. The summed E-state index contributed by atoms with van der Waals surface area (Å²) in [5.41, 5.74) is -1.32. The van der Waals surface area contributed by atoms with E-state index >= 15 is 0 Å². The summed E-state index contributed by atoms with van der Waals surface area (Å²) in [6.45, 7) is 17.3. The molecule has 1 fully saturated rings. The zero-order valence-corrected chi connectivity index (χ0v) is 20.5. The fourth-order valence-corrected chi connectivity index (χ4v) is 3.67. The summed E-state index contributed by atoms with van der Waals surface area (Å²) in [5.74, 6) is 0.213. The van der Waals surface area contributed by atoms with Crippen LogP contribution in [0.15, 0.2) is 4.60 Å². The molecule has 2 rings (SSSR count). The highest BCUT2D eigenvalue weighted by Crippen LogP contribution is 2.41. The zero-order valence-electron chi connectivity index (χ0n) is 18.9. The molecule has 1 aromatic rings. The van der Waals surface area contributed by atoms with E-state index in [9.17, 15) is 14.0 Å². The molecule has 9 nitrogen and oxygen atoms in total. The van der Waals surface area contributed by atoms with E-state index in [1.54, 1.807) is 41.5 Å². The second-order valence-electron chi connectivity index (χ2n) is 9.39. The minimum atomic E-state index is -0.745. The van der Waals surface area contributed by atoms with Crippen molar-refractivity contribution in [3.8, 4) is 0 Å². The van der Waals surface area contributed by atoms with Crippen LogP contribution in [0.5, 0.6) is 0 Å². The number of rotatable bonds is 3. The Kier molecular flexibility index (Phi) is 7.25. The second kappa shape index (κ2) is 9.02. The molecule has 0 bridgehead atoms. The molecule has 1 aliphatic heterocycles. The molecular formula is C20H29BrFN5O4. The first-order valence-corrected chi connectivity index (χ1v) is 10.7. The molecule has 0 aromatic carbocycles. The lowest BCUT2D eigenvalue weighted by Crippen LogP contribution is -2.41. The molecular weight excluding hydrogens is 473 g/mol. The average Bonchev–Trinajstić information content (AvgIpc) is 3.18.